The molecule has 0 bridgehead atoms. The van der Waals surface area contributed by atoms with Crippen molar-refractivity contribution < 1.29 is 29.4 Å². The zero-order valence-electron chi connectivity index (χ0n) is 18.2. The number of aromatic amines is 2. The highest BCUT2D eigenvalue weighted by Gasteiger charge is 2.29. The van der Waals surface area contributed by atoms with Crippen molar-refractivity contribution in [1.29, 1.82) is 0 Å². The number of hydrogen-bond acceptors (Lipinski definition) is 6. The maximum absolute atomic E-state index is 12.9. The number of carboxylic acid groups (broad SMARTS) is 2. The predicted molar refractivity (Wildman–Crippen MR) is 121 cm³/mol. The molecule has 180 valence electrons. The van der Waals surface area contributed by atoms with Crippen molar-refractivity contribution in [1.82, 2.24) is 25.6 Å². The van der Waals surface area contributed by atoms with E-state index in [0.717, 1.165) is 10.9 Å². The van der Waals surface area contributed by atoms with E-state index in [2.05, 4.69) is 25.6 Å². The van der Waals surface area contributed by atoms with Gasteiger partial charge < -0.3 is 36.5 Å². The Labute approximate surface area is 193 Å². The monoisotopic (exact) mass is 470 g/mol. The Bertz CT molecular complexity index is 1160. The molecule has 0 saturated carbocycles. The molecule has 3 aromatic rings. The van der Waals surface area contributed by atoms with Gasteiger partial charge in [0.2, 0.25) is 11.8 Å². The minimum Gasteiger partial charge on any atom is -0.481 e. The number of benzene rings is 1. The molecule has 1 aromatic carbocycles. The first kappa shape index (κ1) is 24.5. The Morgan fingerprint density at radius 2 is 1.74 bits per heavy atom. The average molecular weight is 470 g/mol. The van der Waals surface area contributed by atoms with Crippen LogP contribution in [0.1, 0.15) is 24.1 Å². The molecule has 0 aliphatic rings. The fourth-order valence-electron chi connectivity index (χ4n) is 3.53. The van der Waals surface area contributed by atoms with E-state index in [1.807, 2.05) is 24.3 Å². The van der Waals surface area contributed by atoms with Gasteiger partial charge in [-0.1, -0.05) is 18.2 Å². The smallest absolute Gasteiger partial charge is 0.326 e. The van der Waals surface area contributed by atoms with Gasteiger partial charge in [0.25, 0.3) is 0 Å². The molecule has 0 aliphatic heterocycles. The number of nitrogens with two attached hydrogens (primary N) is 1. The Hall–Kier alpha value is -4.19. The molecule has 34 heavy (non-hydrogen) atoms. The highest BCUT2D eigenvalue weighted by Crippen LogP contribution is 2.19. The van der Waals surface area contributed by atoms with Gasteiger partial charge in [-0.2, -0.15) is 0 Å². The lowest BCUT2D eigenvalue weighted by Crippen LogP contribution is -2.55. The van der Waals surface area contributed by atoms with E-state index in [-0.39, 0.29) is 19.3 Å². The zero-order chi connectivity index (χ0) is 24.7. The standard InChI is InChI=1S/C22H26N6O6/c23-15(8-13-10-24-11-26-13)20(31)27-17(5-6-19(29)30)21(32)28-18(22(33)34)7-12-9-25-16-4-2-1-3-14(12)16/h1-4,9-11,15,17-18,25H,5-8,23H2,(H,24,26)(H,27,31)(H,28,32)(H,29,30)(H,33,34)/t15-,17-,18-/m0/s1. The van der Waals surface area contributed by atoms with Gasteiger partial charge in [-0.15, -0.1) is 0 Å². The number of nitrogens with one attached hydrogen (secondary N) is 4. The van der Waals surface area contributed by atoms with Gasteiger partial charge in [0, 0.05) is 48.3 Å². The average Bonchev–Trinajstić information content (AvgIpc) is 3.45. The molecule has 8 N–H and O–H groups in total. The minimum absolute atomic E-state index is 0.00990. The normalized spacial score (nSPS) is 13.7. The number of para-hydroxylation sites is 1. The molecule has 2 heterocycles. The van der Waals surface area contributed by atoms with Crippen LogP contribution in [0, 0.1) is 0 Å². The molecule has 3 rings (SSSR count). The van der Waals surface area contributed by atoms with Crippen LogP contribution >= 0.6 is 0 Å². The van der Waals surface area contributed by atoms with E-state index in [0.29, 0.717) is 11.3 Å². The largest absolute Gasteiger partial charge is 0.481 e. The quantitative estimate of drug-likeness (QED) is 0.190. The van der Waals surface area contributed by atoms with Crippen LogP contribution in [0.5, 0.6) is 0 Å². The lowest BCUT2D eigenvalue weighted by molar-refractivity contribution is -0.143. The SMILES string of the molecule is N[C@@H](Cc1cnc[nH]1)C(=O)N[C@@H](CCC(=O)O)C(=O)N[C@@H](Cc1c[nH]c2ccccc12)C(=O)O. The molecule has 2 aromatic heterocycles. The number of carbonyl (C=O) groups is 4. The first-order chi connectivity index (χ1) is 16.2. The van der Waals surface area contributed by atoms with Crippen molar-refractivity contribution in [2.45, 2.75) is 43.8 Å². The van der Waals surface area contributed by atoms with Gasteiger partial charge in [0.15, 0.2) is 0 Å². The lowest BCUT2D eigenvalue weighted by Gasteiger charge is -2.22. The first-order valence-corrected chi connectivity index (χ1v) is 10.6. The minimum atomic E-state index is -1.30. The van der Waals surface area contributed by atoms with Crippen molar-refractivity contribution in [3.05, 3.63) is 54.2 Å². The summed E-state index contributed by atoms with van der Waals surface area (Å²) in [6.45, 7) is 0. The van der Waals surface area contributed by atoms with Crippen LogP contribution in [0.2, 0.25) is 0 Å². The van der Waals surface area contributed by atoms with E-state index < -0.39 is 48.3 Å². The zero-order valence-corrected chi connectivity index (χ0v) is 18.2. The summed E-state index contributed by atoms with van der Waals surface area (Å²) in [6, 6.07) is 3.73. The molecule has 12 heteroatoms. The summed E-state index contributed by atoms with van der Waals surface area (Å²) < 4.78 is 0. The van der Waals surface area contributed by atoms with E-state index in [1.54, 1.807) is 6.20 Å². The third-order valence-corrected chi connectivity index (χ3v) is 5.32. The number of carbonyl (C=O) groups excluding carboxylic acids is 2. The van der Waals surface area contributed by atoms with Gasteiger partial charge in [0.05, 0.1) is 12.4 Å². The van der Waals surface area contributed by atoms with Crippen molar-refractivity contribution in [2.75, 3.05) is 0 Å². The summed E-state index contributed by atoms with van der Waals surface area (Å²) in [5.74, 6) is -3.92. The van der Waals surface area contributed by atoms with Crippen LogP contribution < -0.4 is 16.4 Å². The number of fused-ring (bicyclic) bond motifs is 1. The molecule has 0 fully saturated rings. The maximum atomic E-state index is 12.9. The summed E-state index contributed by atoms with van der Waals surface area (Å²) in [5.41, 5.74) is 8.03. The predicted octanol–water partition coefficient (Wildman–Crippen LogP) is -0.0775. The number of carboxylic acids is 2. The van der Waals surface area contributed by atoms with Crippen LogP contribution in [0.25, 0.3) is 10.9 Å². The molecule has 0 saturated heterocycles. The van der Waals surface area contributed by atoms with E-state index >= 15 is 0 Å². The van der Waals surface area contributed by atoms with Crippen molar-refractivity contribution in [3.8, 4) is 0 Å². The summed E-state index contributed by atoms with van der Waals surface area (Å²) in [6.07, 6.45) is 4.08. The Kier molecular flexibility index (Phi) is 7.98. The van der Waals surface area contributed by atoms with E-state index in [1.165, 1.54) is 12.5 Å². The van der Waals surface area contributed by atoms with Crippen LogP contribution in [0.3, 0.4) is 0 Å². The number of rotatable bonds is 12. The lowest BCUT2D eigenvalue weighted by atomic mass is 10.0. The third kappa shape index (κ3) is 6.42. The fraction of sp³-hybridized carbons (Fsp3) is 0.318. The highest BCUT2D eigenvalue weighted by atomic mass is 16.4. The Balaban J connectivity index is 1.69. The highest BCUT2D eigenvalue weighted by molar-refractivity contribution is 5.92. The van der Waals surface area contributed by atoms with Crippen molar-refractivity contribution in [3.63, 3.8) is 0 Å². The van der Waals surface area contributed by atoms with Crippen molar-refractivity contribution in [2.24, 2.45) is 5.73 Å². The topological polar surface area (TPSA) is 203 Å². The second kappa shape index (κ2) is 11.1. The van der Waals surface area contributed by atoms with Gasteiger partial charge in [-0.05, 0) is 18.1 Å². The number of hydrogen-bond donors (Lipinski definition) is 7. The van der Waals surface area contributed by atoms with Gasteiger partial charge in [0.1, 0.15) is 12.1 Å². The molecule has 0 aliphatic carbocycles. The number of nitrogens with zero attached hydrogens (tertiary/aromatic N) is 1. The van der Waals surface area contributed by atoms with Gasteiger partial charge >= 0.3 is 11.9 Å². The summed E-state index contributed by atoms with van der Waals surface area (Å²) in [7, 11) is 0. The Morgan fingerprint density at radius 1 is 1.00 bits per heavy atom. The summed E-state index contributed by atoms with van der Waals surface area (Å²) in [4.78, 5) is 58.0. The van der Waals surface area contributed by atoms with Gasteiger partial charge in [-0.3, -0.25) is 14.4 Å². The summed E-state index contributed by atoms with van der Waals surface area (Å²) >= 11 is 0. The van der Waals surface area contributed by atoms with Crippen LogP contribution in [-0.4, -0.2) is 67.0 Å². The van der Waals surface area contributed by atoms with Crippen LogP contribution in [0.4, 0.5) is 0 Å². The van der Waals surface area contributed by atoms with E-state index in [4.69, 9.17) is 10.8 Å². The van der Waals surface area contributed by atoms with E-state index in [9.17, 15) is 24.3 Å². The number of amides is 2. The van der Waals surface area contributed by atoms with Crippen LogP contribution in [0.15, 0.2) is 43.0 Å². The molecule has 0 spiro atoms. The maximum Gasteiger partial charge on any atom is 0.326 e. The Morgan fingerprint density at radius 3 is 2.41 bits per heavy atom. The fourth-order valence-corrected chi connectivity index (χ4v) is 3.53. The molecular formula is C22H26N6O6. The molecule has 2 amide bonds. The number of aromatic nitrogens is 3. The van der Waals surface area contributed by atoms with Crippen molar-refractivity contribution >= 4 is 34.7 Å². The second-order valence-electron chi connectivity index (χ2n) is 7.84. The number of imidazole rings is 1. The molecule has 0 unspecified atom stereocenters. The third-order valence-electron chi connectivity index (χ3n) is 5.32. The number of H-pyrrole nitrogens is 2. The molecule has 12 nitrogen and oxygen atoms in total. The van der Waals surface area contributed by atoms with Crippen LogP contribution in [-0.2, 0) is 32.0 Å². The molecule has 3 atom stereocenters. The number of aliphatic carboxylic acids is 2. The molecular weight excluding hydrogens is 444 g/mol. The van der Waals surface area contributed by atoms with Gasteiger partial charge in [-0.25, -0.2) is 9.78 Å². The molecule has 0 radical (unpaired) electrons. The first-order valence-electron chi connectivity index (χ1n) is 10.6. The second-order valence-corrected chi connectivity index (χ2v) is 7.84. The summed E-state index contributed by atoms with van der Waals surface area (Å²) in [5, 5.41) is 24.4.